The Labute approximate surface area is 207 Å². The molecule has 188 valence electrons. The van der Waals surface area contributed by atoms with Gasteiger partial charge in [0.1, 0.15) is 6.04 Å². The number of anilines is 1. The highest BCUT2D eigenvalue weighted by atomic mass is 16.5. The molecule has 10 heteroatoms. The highest BCUT2D eigenvalue weighted by Gasteiger charge is 2.56. The first kappa shape index (κ1) is 23.8. The van der Waals surface area contributed by atoms with Gasteiger partial charge in [0, 0.05) is 16.7 Å². The van der Waals surface area contributed by atoms with E-state index >= 15 is 0 Å². The number of aliphatic hydroxyl groups is 1. The molecule has 2 aromatic carbocycles. The summed E-state index contributed by atoms with van der Waals surface area (Å²) in [5.74, 6) is -0.932. The number of benzene rings is 2. The van der Waals surface area contributed by atoms with Gasteiger partial charge in [-0.25, -0.2) is 14.6 Å². The molecular formula is C26H28N4O6. The second-order valence-electron chi connectivity index (χ2n) is 9.19. The first-order valence-corrected chi connectivity index (χ1v) is 12.0. The number of aromatic amines is 1. The fourth-order valence-electron chi connectivity index (χ4n) is 5.51. The van der Waals surface area contributed by atoms with E-state index in [2.05, 4.69) is 20.0 Å². The van der Waals surface area contributed by atoms with Crippen LogP contribution in [0.2, 0.25) is 0 Å². The van der Waals surface area contributed by atoms with E-state index in [1.807, 2.05) is 0 Å². The van der Waals surface area contributed by atoms with Crippen LogP contribution in [0.5, 0.6) is 0 Å². The quantitative estimate of drug-likeness (QED) is 0.464. The lowest BCUT2D eigenvalue weighted by Gasteiger charge is -2.42. The number of H-pyrrole nitrogens is 1. The van der Waals surface area contributed by atoms with Gasteiger partial charge in [0.15, 0.2) is 5.72 Å². The molecule has 1 saturated carbocycles. The van der Waals surface area contributed by atoms with Crippen LogP contribution in [0.1, 0.15) is 53.6 Å². The second-order valence-corrected chi connectivity index (χ2v) is 9.19. The van der Waals surface area contributed by atoms with Crippen molar-refractivity contribution in [2.75, 3.05) is 19.5 Å². The maximum atomic E-state index is 13.8. The summed E-state index contributed by atoms with van der Waals surface area (Å²) in [5, 5.41) is 14.9. The van der Waals surface area contributed by atoms with Gasteiger partial charge in [0.05, 0.1) is 25.3 Å². The van der Waals surface area contributed by atoms with Crippen molar-refractivity contribution in [3.63, 3.8) is 0 Å². The molecule has 0 unspecified atom stereocenters. The Bertz CT molecular complexity index is 1330. The molecule has 0 bridgehead atoms. The normalized spacial score (nSPS) is 20.8. The van der Waals surface area contributed by atoms with Crippen LogP contribution in [0.25, 0.3) is 11.0 Å². The smallest absolute Gasteiger partial charge is 0.413 e. The Balaban J connectivity index is 1.65. The van der Waals surface area contributed by atoms with Gasteiger partial charge in [-0.2, -0.15) is 0 Å². The molecule has 1 aliphatic heterocycles. The number of aromatic nitrogens is 2. The standard InChI is InChI=1S/C26H28N4O6/c1-35-23(32)21(15-8-4-3-5-9-15)30-22(31)17-10-6-7-11-18(17)26(30,34)16-12-13-19-20(14-16)28-24(27-19)29-25(33)36-2/h6-7,10-15,21,34H,3-5,8-9H2,1-2H3,(H2,27,28,29,33)/t21-,26-/m0/s1. The number of imidazole rings is 1. The number of methoxy groups -OCH3 is 2. The van der Waals surface area contributed by atoms with Crippen molar-refractivity contribution in [3.05, 3.63) is 59.2 Å². The molecule has 5 rings (SSSR count). The van der Waals surface area contributed by atoms with E-state index in [0.717, 1.165) is 32.1 Å². The minimum Gasteiger partial charge on any atom is -0.467 e. The van der Waals surface area contributed by atoms with E-state index in [4.69, 9.17) is 4.74 Å². The molecule has 3 aromatic rings. The maximum absolute atomic E-state index is 13.8. The SMILES string of the molecule is COC(=O)Nc1nc2ccc([C@]3(O)c4ccccc4C(=O)N3[C@H](C(=O)OC)C3CCCCC3)cc2[nH]1. The zero-order valence-corrected chi connectivity index (χ0v) is 20.1. The van der Waals surface area contributed by atoms with Gasteiger partial charge in [0.2, 0.25) is 5.95 Å². The van der Waals surface area contributed by atoms with Crippen molar-refractivity contribution in [2.45, 2.75) is 43.9 Å². The van der Waals surface area contributed by atoms with Crippen molar-refractivity contribution < 1.29 is 29.0 Å². The number of rotatable bonds is 5. The fourth-order valence-corrected chi connectivity index (χ4v) is 5.51. The summed E-state index contributed by atoms with van der Waals surface area (Å²) in [6, 6.07) is 10.9. The topological polar surface area (TPSA) is 134 Å². The maximum Gasteiger partial charge on any atom is 0.413 e. The number of esters is 1. The zero-order valence-electron chi connectivity index (χ0n) is 20.1. The molecular weight excluding hydrogens is 464 g/mol. The number of amides is 2. The average Bonchev–Trinajstić information content (AvgIpc) is 3.41. The van der Waals surface area contributed by atoms with Crippen LogP contribution in [0, 0.1) is 5.92 Å². The van der Waals surface area contributed by atoms with Crippen LogP contribution < -0.4 is 5.32 Å². The van der Waals surface area contributed by atoms with Gasteiger partial charge in [-0.05, 0) is 37.0 Å². The lowest BCUT2D eigenvalue weighted by Crippen LogP contribution is -2.56. The Morgan fingerprint density at radius 1 is 1.14 bits per heavy atom. The number of fused-ring (bicyclic) bond motifs is 2. The first-order chi connectivity index (χ1) is 17.4. The van der Waals surface area contributed by atoms with Crippen molar-refractivity contribution in [1.82, 2.24) is 14.9 Å². The molecule has 0 saturated heterocycles. The third kappa shape index (κ3) is 3.78. The van der Waals surface area contributed by atoms with Crippen LogP contribution in [0.15, 0.2) is 42.5 Å². The summed E-state index contributed by atoms with van der Waals surface area (Å²) in [6.07, 6.45) is 3.81. The van der Waals surface area contributed by atoms with Gasteiger partial charge in [-0.1, -0.05) is 43.5 Å². The number of carbonyl (C=O) groups excluding carboxylic acids is 3. The number of nitrogens with one attached hydrogen (secondary N) is 2. The molecule has 2 amide bonds. The molecule has 2 atom stereocenters. The van der Waals surface area contributed by atoms with E-state index < -0.39 is 29.7 Å². The molecule has 36 heavy (non-hydrogen) atoms. The molecule has 3 N–H and O–H groups in total. The molecule has 1 aliphatic carbocycles. The average molecular weight is 493 g/mol. The lowest BCUT2D eigenvalue weighted by atomic mass is 9.82. The van der Waals surface area contributed by atoms with Gasteiger partial charge >= 0.3 is 12.1 Å². The third-order valence-corrected chi connectivity index (χ3v) is 7.21. The molecule has 0 radical (unpaired) electrons. The summed E-state index contributed by atoms with van der Waals surface area (Å²) >= 11 is 0. The van der Waals surface area contributed by atoms with E-state index in [0.29, 0.717) is 27.7 Å². The van der Waals surface area contributed by atoms with Gasteiger partial charge in [-0.15, -0.1) is 0 Å². The third-order valence-electron chi connectivity index (χ3n) is 7.21. The van der Waals surface area contributed by atoms with E-state index in [1.54, 1.807) is 42.5 Å². The Morgan fingerprint density at radius 3 is 2.61 bits per heavy atom. The monoisotopic (exact) mass is 492 g/mol. The Hall–Kier alpha value is -3.92. The van der Waals surface area contributed by atoms with Crippen LogP contribution in [0.3, 0.4) is 0 Å². The van der Waals surface area contributed by atoms with E-state index in [1.165, 1.54) is 19.1 Å². The zero-order chi connectivity index (χ0) is 25.4. The van der Waals surface area contributed by atoms with Crippen molar-refractivity contribution in [3.8, 4) is 0 Å². The molecule has 10 nitrogen and oxygen atoms in total. The number of hydrogen-bond acceptors (Lipinski definition) is 7. The molecule has 2 aliphatic rings. The second kappa shape index (κ2) is 9.27. The predicted molar refractivity (Wildman–Crippen MR) is 130 cm³/mol. The minimum absolute atomic E-state index is 0.136. The van der Waals surface area contributed by atoms with Gasteiger partial charge in [0.25, 0.3) is 5.91 Å². The minimum atomic E-state index is -1.92. The fraction of sp³-hybridized carbons (Fsp3) is 0.385. The number of carbonyl (C=O) groups is 3. The summed E-state index contributed by atoms with van der Waals surface area (Å²) in [6.45, 7) is 0. The molecule has 1 aromatic heterocycles. The van der Waals surface area contributed by atoms with Gasteiger partial charge < -0.3 is 19.6 Å². The first-order valence-electron chi connectivity index (χ1n) is 12.0. The summed E-state index contributed by atoms with van der Waals surface area (Å²) in [7, 11) is 2.55. The van der Waals surface area contributed by atoms with E-state index in [9.17, 15) is 19.5 Å². The van der Waals surface area contributed by atoms with Crippen molar-refractivity contribution >= 4 is 35.0 Å². The predicted octanol–water partition coefficient (Wildman–Crippen LogP) is 3.51. The molecule has 1 fully saturated rings. The lowest BCUT2D eigenvalue weighted by molar-refractivity contribution is -0.159. The van der Waals surface area contributed by atoms with E-state index in [-0.39, 0.29) is 11.9 Å². The number of hydrogen-bond donors (Lipinski definition) is 3. The highest BCUT2D eigenvalue weighted by molar-refractivity contribution is 6.02. The Kier molecular flexibility index (Phi) is 6.13. The summed E-state index contributed by atoms with van der Waals surface area (Å²) in [5.41, 5.74) is 0.255. The van der Waals surface area contributed by atoms with Crippen LogP contribution in [-0.4, -0.2) is 58.2 Å². The van der Waals surface area contributed by atoms with Crippen LogP contribution >= 0.6 is 0 Å². The highest BCUT2D eigenvalue weighted by Crippen LogP contribution is 2.46. The van der Waals surface area contributed by atoms with Crippen molar-refractivity contribution in [2.24, 2.45) is 5.92 Å². The Morgan fingerprint density at radius 2 is 1.89 bits per heavy atom. The van der Waals surface area contributed by atoms with Crippen LogP contribution in [-0.2, 0) is 20.0 Å². The number of ether oxygens (including phenoxy) is 2. The summed E-state index contributed by atoms with van der Waals surface area (Å²) in [4.78, 5) is 47.2. The number of nitrogens with zero attached hydrogens (tertiary/aromatic N) is 2. The summed E-state index contributed by atoms with van der Waals surface area (Å²) < 4.78 is 9.78. The molecule has 2 heterocycles. The van der Waals surface area contributed by atoms with Crippen molar-refractivity contribution in [1.29, 1.82) is 0 Å². The van der Waals surface area contributed by atoms with Crippen LogP contribution in [0.4, 0.5) is 10.7 Å². The van der Waals surface area contributed by atoms with Gasteiger partial charge in [-0.3, -0.25) is 15.0 Å². The largest absolute Gasteiger partial charge is 0.467 e. The molecule has 0 spiro atoms.